The van der Waals surface area contributed by atoms with Gasteiger partial charge in [0.25, 0.3) is 0 Å². The molecule has 0 spiro atoms. The minimum atomic E-state index is 0.231. The zero-order chi connectivity index (χ0) is 13.4. The number of nitrogens with zero attached hydrogens (tertiary/aromatic N) is 1. The minimum absolute atomic E-state index is 0.231. The second kappa shape index (κ2) is 4.70. The lowest BCUT2D eigenvalue weighted by molar-refractivity contribution is 0.0885. The summed E-state index contributed by atoms with van der Waals surface area (Å²) in [5.41, 5.74) is 3.37. The zero-order valence-electron chi connectivity index (χ0n) is 12.6. The highest BCUT2D eigenvalue weighted by Crippen LogP contribution is 2.36. The van der Waals surface area contributed by atoms with Crippen molar-refractivity contribution in [2.45, 2.75) is 57.9 Å². The highest BCUT2D eigenvalue weighted by Gasteiger charge is 2.33. The van der Waals surface area contributed by atoms with Gasteiger partial charge < -0.3 is 0 Å². The van der Waals surface area contributed by atoms with Crippen LogP contribution in [0.5, 0.6) is 0 Å². The van der Waals surface area contributed by atoms with Crippen LogP contribution in [-0.4, -0.2) is 18.5 Å². The van der Waals surface area contributed by atoms with Crippen molar-refractivity contribution >= 4 is 0 Å². The van der Waals surface area contributed by atoms with E-state index in [-0.39, 0.29) is 11.0 Å². The van der Waals surface area contributed by atoms with Crippen molar-refractivity contribution in [3.63, 3.8) is 0 Å². The monoisotopic (exact) mass is 245 g/mol. The van der Waals surface area contributed by atoms with Gasteiger partial charge in [-0.15, -0.1) is 0 Å². The first-order valence-corrected chi connectivity index (χ1v) is 7.16. The maximum atomic E-state index is 2.52. The summed E-state index contributed by atoms with van der Waals surface area (Å²) in [5, 5.41) is 0. The lowest BCUT2D eigenvalue weighted by atomic mass is 9.80. The highest BCUT2D eigenvalue weighted by atomic mass is 15.2. The Morgan fingerprint density at radius 3 is 2.17 bits per heavy atom. The van der Waals surface area contributed by atoms with Gasteiger partial charge in [0.1, 0.15) is 0 Å². The largest absolute Gasteiger partial charge is 0.297 e. The van der Waals surface area contributed by atoms with Gasteiger partial charge in [0.15, 0.2) is 0 Å². The van der Waals surface area contributed by atoms with Crippen LogP contribution in [0.3, 0.4) is 0 Å². The first-order valence-electron chi connectivity index (χ1n) is 7.16. The van der Waals surface area contributed by atoms with Gasteiger partial charge in [-0.3, -0.25) is 4.90 Å². The number of hydrogen-bond acceptors (Lipinski definition) is 1. The van der Waals surface area contributed by atoms with Crippen molar-refractivity contribution in [2.75, 3.05) is 13.6 Å². The molecule has 100 valence electrons. The van der Waals surface area contributed by atoms with E-state index < -0.39 is 0 Å². The van der Waals surface area contributed by atoms with Crippen molar-refractivity contribution in [1.29, 1.82) is 0 Å². The zero-order valence-corrected chi connectivity index (χ0v) is 12.6. The van der Waals surface area contributed by atoms with E-state index in [0.717, 1.165) is 0 Å². The Labute approximate surface area is 112 Å². The van der Waals surface area contributed by atoms with Gasteiger partial charge in [0.2, 0.25) is 0 Å². The van der Waals surface area contributed by atoms with Crippen molar-refractivity contribution in [2.24, 2.45) is 0 Å². The fourth-order valence-corrected chi connectivity index (χ4v) is 2.95. The Morgan fingerprint density at radius 2 is 1.67 bits per heavy atom. The summed E-state index contributed by atoms with van der Waals surface area (Å²) in [6.45, 7) is 10.4. The molecule has 1 aromatic carbocycles. The molecule has 1 aliphatic heterocycles. The topological polar surface area (TPSA) is 3.24 Å². The van der Waals surface area contributed by atoms with Crippen molar-refractivity contribution in [3.8, 4) is 0 Å². The molecule has 1 saturated heterocycles. The van der Waals surface area contributed by atoms with Crippen LogP contribution in [0.4, 0.5) is 0 Å². The maximum Gasteiger partial charge on any atom is 0.0429 e. The van der Waals surface area contributed by atoms with Crippen LogP contribution in [0.1, 0.15) is 58.1 Å². The molecule has 0 bridgehead atoms. The summed E-state index contributed by atoms with van der Waals surface area (Å²) in [6, 6.07) is 9.29. The molecule has 0 saturated carbocycles. The summed E-state index contributed by atoms with van der Waals surface area (Å²) in [7, 11) is 2.26. The van der Waals surface area contributed by atoms with Crippen molar-refractivity contribution < 1.29 is 0 Å². The van der Waals surface area contributed by atoms with Crippen LogP contribution in [-0.2, 0) is 11.0 Å². The molecule has 0 amide bonds. The molecule has 1 unspecified atom stereocenters. The number of hydrogen-bond donors (Lipinski definition) is 0. The van der Waals surface area contributed by atoms with Crippen LogP contribution in [0.15, 0.2) is 24.3 Å². The van der Waals surface area contributed by atoms with Gasteiger partial charge in [-0.2, -0.15) is 0 Å². The Morgan fingerprint density at radius 1 is 1.06 bits per heavy atom. The van der Waals surface area contributed by atoms with Gasteiger partial charge in [-0.05, 0) is 49.9 Å². The molecular formula is C17H27N. The normalized spacial score (nSPS) is 26.3. The molecule has 1 heterocycles. The molecule has 1 heteroatoms. The molecule has 18 heavy (non-hydrogen) atoms. The number of likely N-dealkylation sites (tertiary alicyclic amines) is 1. The number of piperidine rings is 1. The molecule has 1 nitrogen and oxygen atoms in total. The van der Waals surface area contributed by atoms with Gasteiger partial charge in [0.05, 0.1) is 0 Å². The molecular weight excluding hydrogens is 218 g/mol. The predicted molar refractivity (Wildman–Crippen MR) is 79.0 cm³/mol. The Hall–Kier alpha value is -0.820. The summed E-state index contributed by atoms with van der Waals surface area (Å²) in [6.07, 6.45) is 3.96. The Bertz CT molecular complexity index is 399. The Kier molecular flexibility index (Phi) is 3.55. The lowest BCUT2D eigenvalue weighted by Gasteiger charge is -2.43. The number of benzene rings is 1. The predicted octanol–water partition coefficient (Wildman–Crippen LogP) is 4.32. The van der Waals surface area contributed by atoms with Gasteiger partial charge in [0, 0.05) is 5.54 Å². The minimum Gasteiger partial charge on any atom is -0.297 e. The average Bonchev–Trinajstić information content (AvgIpc) is 2.32. The van der Waals surface area contributed by atoms with Crippen LogP contribution in [0, 0.1) is 0 Å². The molecule has 0 aromatic heterocycles. The third-order valence-corrected chi connectivity index (χ3v) is 4.62. The second-order valence-corrected chi connectivity index (χ2v) is 6.98. The van der Waals surface area contributed by atoms with Crippen molar-refractivity contribution in [1.82, 2.24) is 4.90 Å². The summed E-state index contributed by atoms with van der Waals surface area (Å²) in [5.74, 6) is 0. The number of rotatable bonds is 1. The molecule has 1 fully saturated rings. The van der Waals surface area contributed by atoms with E-state index in [1.165, 1.54) is 36.9 Å². The van der Waals surface area contributed by atoms with E-state index in [2.05, 4.69) is 63.9 Å². The smallest absolute Gasteiger partial charge is 0.0429 e. The van der Waals surface area contributed by atoms with Crippen LogP contribution in [0.25, 0.3) is 0 Å². The Balaban J connectivity index is 2.28. The van der Waals surface area contributed by atoms with Crippen LogP contribution >= 0.6 is 0 Å². The standard InChI is InChI=1S/C17H27N/c1-16(2,3)14-8-10-15(11-9-14)17(4)12-6-7-13-18(17)5/h8-11H,6-7,12-13H2,1-5H3. The third kappa shape index (κ3) is 2.47. The van der Waals surface area contributed by atoms with Gasteiger partial charge >= 0.3 is 0 Å². The third-order valence-electron chi connectivity index (χ3n) is 4.62. The fourth-order valence-electron chi connectivity index (χ4n) is 2.95. The molecule has 2 rings (SSSR count). The highest BCUT2D eigenvalue weighted by molar-refractivity contribution is 5.31. The summed E-state index contributed by atoms with van der Waals surface area (Å²) in [4.78, 5) is 2.52. The van der Waals surface area contributed by atoms with E-state index in [0.29, 0.717) is 0 Å². The molecule has 0 N–H and O–H groups in total. The molecule has 0 radical (unpaired) electrons. The van der Waals surface area contributed by atoms with E-state index >= 15 is 0 Å². The van der Waals surface area contributed by atoms with Crippen LogP contribution in [0.2, 0.25) is 0 Å². The van der Waals surface area contributed by atoms with E-state index in [1.807, 2.05) is 0 Å². The summed E-state index contributed by atoms with van der Waals surface area (Å²) >= 11 is 0. The molecule has 1 atom stereocenters. The van der Waals surface area contributed by atoms with Gasteiger partial charge in [-0.1, -0.05) is 51.5 Å². The molecule has 1 aromatic rings. The quantitative estimate of drug-likeness (QED) is 0.712. The lowest BCUT2D eigenvalue weighted by Crippen LogP contribution is -2.44. The average molecular weight is 245 g/mol. The van der Waals surface area contributed by atoms with E-state index in [9.17, 15) is 0 Å². The van der Waals surface area contributed by atoms with E-state index in [4.69, 9.17) is 0 Å². The maximum absolute atomic E-state index is 2.52. The van der Waals surface area contributed by atoms with Crippen molar-refractivity contribution in [3.05, 3.63) is 35.4 Å². The molecule has 1 aliphatic rings. The first kappa shape index (κ1) is 13.6. The van der Waals surface area contributed by atoms with E-state index in [1.54, 1.807) is 0 Å². The van der Waals surface area contributed by atoms with Crippen LogP contribution < -0.4 is 0 Å². The first-order chi connectivity index (χ1) is 8.34. The SMILES string of the molecule is CN1CCCCC1(C)c1ccc(C(C)(C)C)cc1. The second-order valence-electron chi connectivity index (χ2n) is 6.98. The summed E-state index contributed by atoms with van der Waals surface area (Å²) < 4.78 is 0. The van der Waals surface area contributed by atoms with Gasteiger partial charge in [-0.25, -0.2) is 0 Å². The fraction of sp³-hybridized carbons (Fsp3) is 0.647. The molecule has 0 aliphatic carbocycles.